The Bertz CT molecular complexity index is 531. The Morgan fingerprint density at radius 1 is 1.47 bits per heavy atom. The number of fused-ring (bicyclic) bond motifs is 1. The quantitative estimate of drug-likeness (QED) is 0.808. The molecule has 78 valence electrons. The monoisotopic (exact) mass is 223 g/mol. The molecule has 0 aliphatic carbocycles. The summed E-state index contributed by atoms with van der Waals surface area (Å²) in [6.45, 7) is 1.76. The van der Waals surface area contributed by atoms with E-state index in [2.05, 4.69) is 5.32 Å². The summed E-state index contributed by atoms with van der Waals surface area (Å²) < 4.78 is 5.46. The summed E-state index contributed by atoms with van der Waals surface area (Å²) in [5.41, 5.74) is 1.21. The van der Waals surface area contributed by atoms with Crippen molar-refractivity contribution in [3.8, 4) is 0 Å². The normalized spacial score (nSPS) is 10.6. The highest BCUT2D eigenvalue weighted by molar-refractivity contribution is 6.31. The maximum atomic E-state index is 11.6. The van der Waals surface area contributed by atoms with Gasteiger partial charge in [0.25, 0.3) is 5.91 Å². The van der Waals surface area contributed by atoms with Crippen molar-refractivity contribution in [3.05, 3.63) is 34.5 Å². The average Bonchev–Trinajstić information content (AvgIpc) is 2.52. The summed E-state index contributed by atoms with van der Waals surface area (Å²) in [6, 6.07) is 5.24. The largest absolute Gasteiger partial charge is 0.460 e. The molecular formula is C11H10ClNO2. The minimum Gasteiger partial charge on any atom is -0.460 e. The second kappa shape index (κ2) is 3.59. The molecule has 0 saturated carbocycles. The Kier molecular flexibility index (Phi) is 2.40. The standard InChI is InChI=1S/C11H10ClNO2/c1-6-10(11(14)13-2)8-4-3-7(12)5-9(8)15-6/h3-5H,1-2H3,(H,13,14). The SMILES string of the molecule is CNC(=O)c1c(C)oc2cc(Cl)ccc12. The fourth-order valence-electron chi connectivity index (χ4n) is 1.60. The minimum absolute atomic E-state index is 0.145. The third-order valence-corrected chi connectivity index (χ3v) is 2.52. The first kappa shape index (κ1) is 10.1. The highest BCUT2D eigenvalue weighted by atomic mass is 35.5. The Hall–Kier alpha value is -1.48. The van der Waals surface area contributed by atoms with Crippen molar-refractivity contribution in [1.82, 2.24) is 5.32 Å². The van der Waals surface area contributed by atoms with Crippen LogP contribution < -0.4 is 5.32 Å². The van der Waals surface area contributed by atoms with E-state index in [9.17, 15) is 4.79 Å². The van der Waals surface area contributed by atoms with Gasteiger partial charge >= 0.3 is 0 Å². The third-order valence-electron chi connectivity index (χ3n) is 2.28. The number of aryl methyl sites for hydroxylation is 1. The Morgan fingerprint density at radius 2 is 2.20 bits per heavy atom. The van der Waals surface area contributed by atoms with Crippen LogP contribution in [0.1, 0.15) is 16.1 Å². The van der Waals surface area contributed by atoms with E-state index in [1.807, 2.05) is 0 Å². The number of hydrogen-bond donors (Lipinski definition) is 1. The van der Waals surface area contributed by atoms with E-state index in [1.54, 1.807) is 32.2 Å². The van der Waals surface area contributed by atoms with Crippen molar-refractivity contribution in [3.63, 3.8) is 0 Å². The molecule has 1 aromatic carbocycles. The molecule has 4 heteroatoms. The van der Waals surface area contributed by atoms with E-state index in [0.717, 1.165) is 5.39 Å². The number of amides is 1. The number of furan rings is 1. The van der Waals surface area contributed by atoms with E-state index in [1.165, 1.54) is 0 Å². The second-order valence-electron chi connectivity index (χ2n) is 3.25. The van der Waals surface area contributed by atoms with Crippen LogP contribution >= 0.6 is 11.6 Å². The molecule has 1 N–H and O–H groups in total. The highest BCUT2D eigenvalue weighted by Gasteiger charge is 2.16. The van der Waals surface area contributed by atoms with Crippen LogP contribution in [-0.2, 0) is 0 Å². The van der Waals surface area contributed by atoms with Gasteiger partial charge < -0.3 is 9.73 Å². The maximum absolute atomic E-state index is 11.6. The van der Waals surface area contributed by atoms with Gasteiger partial charge in [0.05, 0.1) is 5.56 Å². The number of halogens is 1. The molecule has 2 aromatic rings. The van der Waals surface area contributed by atoms with Gasteiger partial charge in [-0.3, -0.25) is 4.79 Å². The first-order chi connectivity index (χ1) is 7.13. The Labute approximate surface area is 92.0 Å². The van der Waals surface area contributed by atoms with Gasteiger partial charge in [0.15, 0.2) is 0 Å². The lowest BCUT2D eigenvalue weighted by molar-refractivity contribution is 0.0963. The molecule has 0 unspecified atom stereocenters. The second-order valence-corrected chi connectivity index (χ2v) is 3.69. The van der Waals surface area contributed by atoms with Crippen molar-refractivity contribution < 1.29 is 9.21 Å². The van der Waals surface area contributed by atoms with Crippen LogP contribution in [0.4, 0.5) is 0 Å². The van der Waals surface area contributed by atoms with Crippen LogP contribution in [0.3, 0.4) is 0 Å². The van der Waals surface area contributed by atoms with Crippen LogP contribution in [0, 0.1) is 6.92 Å². The van der Waals surface area contributed by atoms with Crippen molar-refractivity contribution in [1.29, 1.82) is 0 Å². The summed E-state index contributed by atoms with van der Waals surface area (Å²) >= 11 is 5.83. The van der Waals surface area contributed by atoms with Gasteiger partial charge in [-0.1, -0.05) is 11.6 Å². The predicted octanol–water partition coefficient (Wildman–Crippen LogP) is 2.75. The van der Waals surface area contributed by atoms with E-state index in [4.69, 9.17) is 16.0 Å². The summed E-state index contributed by atoms with van der Waals surface area (Å²) in [6.07, 6.45) is 0. The topological polar surface area (TPSA) is 42.2 Å². The van der Waals surface area contributed by atoms with Crippen molar-refractivity contribution >= 4 is 28.5 Å². The number of carbonyl (C=O) groups excluding carboxylic acids is 1. The molecule has 0 aliphatic heterocycles. The molecule has 1 amide bonds. The van der Waals surface area contributed by atoms with Crippen LogP contribution in [0.5, 0.6) is 0 Å². The van der Waals surface area contributed by atoms with Gasteiger partial charge in [0, 0.05) is 23.5 Å². The lowest BCUT2D eigenvalue weighted by Gasteiger charge is -1.97. The molecule has 2 rings (SSSR count). The van der Waals surface area contributed by atoms with Crippen LogP contribution in [0.15, 0.2) is 22.6 Å². The summed E-state index contributed by atoms with van der Waals surface area (Å²) in [5.74, 6) is 0.459. The summed E-state index contributed by atoms with van der Waals surface area (Å²) in [4.78, 5) is 11.6. The molecule has 15 heavy (non-hydrogen) atoms. The molecular weight excluding hydrogens is 214 g/mol. The summed E-state index contributed by atoms with van der Waals surface area (Å²) in [5, 5.41) is 3.97. The van der Waals surface area contributed by atoms with Crippen molar-refractivity contribution in [2.75, 3.05) is 7.05 Å². The molecule has 0 aliphatic rings. The fraction of sp³-hybridized carbons (Fsp3) is 0.182. The molecule has 0 saturated heterocycles. The number of benzene rings is 1. The highest BCUT2D eigenvalue weighted by Crippen LogP contribution is 2.27. The zero-order chi connectivity index (χ0) is 11.0. The molecule has 0 spiro atoms. The zero-order valence-corrected chi connectivity index (χ0v) is 9.18. The van der Waals surface area contributed by atoms with E-state index >= 15 is 0 Å². The van der Waals surface area contributed by atoms with Crippen molar-refractivity contribution in [2.24, 2.45) is 0 Å². The number of rotatable bonds is 1. The molecule has 0 radical (unpaired) electrons. The van der Waals surface area contributed by atoms with Gasteiger partial charge in [-0.05, 0) is 19.1 Å². The van der Waals surface area contributed by atoms with Gasteiger partial charge in [-0.15, -0.1) is 0 Å². The number of carbonyl (C=O) groups is 1. The number of nitrogens with one attached hydrogen (secondary N) is 1. The van der Waals surface area contributed by atoms with Gasteiger partial charge in [-0.2, -0.15) is 0 Å². The zero-order valence-electron chi connectivity index (χ0n) is 8.43. The Balaban J connectivity index is 2.73. The molecule has 3 nitrogen and oxygen atoms in total. The lowest BCUT2D eigenvalue weighted by Crippen LogP contribution is -2.18. The predicted molar refractivity (Wildman–Crippen MR) is 59.4 cm³/mol. The van der Waals surface area contributed by atoms with E-state index in [-0.39, 0.29) is 5.91 Å². The first-order valence-electron chi connectivity index (χ1n) is 4.54. The average molecular weight is 224 g/mol. The van der Waals surface area contributed by atoms with Crippen LogP contribution in [0.2, 0.25) is 5.02 Å². The molecule has 1 heterocycles. The van der Waals surface area contributed by atoms with Gasteiger partial charge in [-0.25, -0.2) is 0 Å². The smallest absolute Gasteiger partial charge is 0.255 e. The minimum atomic E-state index is -0.145. The van der Waals surface area contributed by atoms with Crippen LogP contribution in [-0.4, -0.2) is 13.0 Å². The number of hydrogen-bond acceptors (Lipinski definition) is 2. The van der Waals surface area contributed by atoms with E-state index < -0.39 is 0 Å². The first-order valence-corrected chi connectivity index (χ1v) is 4.92. The lowest BCUT2D eigenvalue weighted by atomic mass is 10.1. The molecule has 0 atom stereocenters. The summed E-state index contributed by atoms with van der Waals surface area (Å²) in [7, 11) is 1.59. The fourth-order valence-corrected chi connectivity index (χ4v) is 1.76. The van der Waals surface area contributed by atoms with Crippen molar-refractivity contribution in [2.45, 2.75) is 6.92 Å². The third kappa shape index (κ3) is 1.59. The van der Waals surface area contributed by atoms with Crippen LogP contribution in [0.25, 0.3) is 11.0 Å². The van der Waals surface area contributed by atoms with Gasteiger partial charge in [0.1, 0.15) is 11.3 Å². The van der Waals surface area contributed by atoms with E-state index in [0.29, 0.717) is 21.9 Å². The molecule has 0 fully saturated rings. The Morgan fingerprint density at radius 3 is 2.87 bits per heavy atom. The maximum Gasteiger partial charge on any atom is 0.255 e. The van der Waals surface area contributed by atoms with Gasteiger partial charge in [0.2, 0.25) is 0 Å². The molecule has 1 aromatic heterocycles. The molecule has 0 bridgehead atoms.